The molecule has 0 spiro atoms. The fraction of sp³-hybridized carbons (Fsp3) is 0.500. The molecular formula is C12H17IO2. The van der Waals surface area contributed by atoms with Crippen LogP contribution in [0.25, 0.3) is 0 Å². The van der Waals surface area contributed by atoms with Crippen LogP contribution < -0.4 is 4.74 Å². The highest BCUT2D eigenvalue weighted by molar-refractivity contribution is 14.1. The smallest absolute Gasteiger partial charge is 0.119 e. The van der Waals surface area contributed by atoms with E-state index in [1.807, 2.05) is 45.0 Å². The third kappa shape index (κ3) is 5.99. The lowest BCUT2D eigenvalue weighted by Gasteiger charge is -2.19. The van der Waals surface area contributed by atoms with Crippen molar-refractivity contribution in [1.29, 1.82) is 0 Å². The van der Waals surface area contributed by atoms with E-state index in [2.05, 4.69) is 22.6 Å². The Morgan fingerprint density at radius 1 is 1.07 bits per heavy atom. The molecule has 1 aromatic rings. The Balaban J connectivity index is 2.23. The maximum absolute atomic E-state index is 5.55. The fourth-order valence-corrected chi connectivity index (χ4v) is 1.40. The molecule has 0 aliphatic heterocycles. The van der Waals surface area contributed by atoms with E-state index >= 15 is 0 Å². The first-order valence-corrected chi connectivity index (χ1v) is 6.07. The van der Waals surface area contributed by atoms with Crippen molar-refractivity contribution < 1.29 is 9.47 Å². The van der Waals surface area contributed by atoms with E-state index in [-0.39, 0.29) is 5.60 Å². The minimum absolute atomic E-state index is 0.0879. The molecule has 0 radical (unpaired) electrons. The summed E-state index contributed by atoms with van der Waals surface area (Å²) in [6, 6.07) is 8.00. The lowest BCUT2D eigenvalue weighted by Crippen LogP contribution is -2.22. The van der Waals surface area contributed by atoms with E-state index in [0.717, 1.165) is 5.75 Å². The van der Waals surface area contributed by atoms with Crippen molar-refractivity contribution in [3.63, 3.8) is 0 Å². The second kappa shape index (κ2) is 5.70. The van der Waals surface area contributed by atoms with Gasteiger partial charge in [-0.25, -0.2) is 0 Å². The Morgan fingerprint density at radius 2 is 1.67 bits per heavy atom. The summed E-state index contributed by atoms with van der Waals surface area (Å²) in [5, 5.41) is 0. The summed E-state index contributed by atoms with van der Waals surface area (Å²) in [5.74, 6) is 0.896. The summed E-state index contributed by atoms with van der Waals surface area (Å²) >= 11 is 2.27. The predicted molar refractivity (Wildman–Crippen MR) is 70.4 cm³/mol. The van der Waals surface area contributed by atoms with Crippen LogP contribution in [0.1, 0.15) is 20.8 Å². The van der Waals surface area contributed by atoms with Crippen LogP contribution in [0.5, 0.6) is 5.75 Å². The molecule has 0 aliphatic rings. The van der Waals surface area contributed by atoms with Gasteiger partial charge >= 0.3 is 0 Å². The molecule has 0 fully saturated rings. The van der Waals surface area contributed by atoms with Crippen molar-refractivity contribution >= 4 is 22.6 Å². The zero-order valence-corrected chi connectivity index (χ0v) is 11.6. The predicted octanol–water partition coefficient (Wildman–Crippen LogP) is 3.49. The molecule has 0 saturated carbocycles. The summed E-state index contributed by atoms with van der Waals surface area (Å²) in [6.45, 7) is 7.33. The summed E-state index contributed by atoms with van der Waals surface area (Å²) in [6.07, 6.45) is 0. The lowest BCUT2D eigenvalue weighted by molar-refractivity contribution is -0.0163. The largest absolute Gasteiger partial charge is 0.491 e. The van der Waals surface area contributed by atoms with Crippen LogP contribution in [0, 0.1) is 3.57 Å². The van der Waals surface area contributed by atoms with Crippen molar-refractivity contribution in [3.05, 3.63) is 27.8 Å². The Labute approximate surface area is 105 Å². The average molecular weight is 320 g/mol. The van der Waals surface area contributed by atoms with Gasteiger partial charge in [0.15, 0.2) is 0 Å². The number of ether oxygens (including phenoxy) is 2. The molecule has 0 aromatic heterocycles. The first-order chi connectivity index (χ1) is 6.97. The lowest BCUT2D eigenvalue weighted by atomic mass is 10.2. The van der Waals surface area contributed by atoms with E-state index in [4.69, 9.17) is 9.47 Å². The van der Waals surface area contributed by atoms with Crippen molar-refractivity contribution in [3.8, 4) is 5.75 Å². The van der Waals surface area contributed by atoms with Gasteiger partial charge in [-0.15, -0.1) is 0 Å². The summed E-state index contributed by atoms with van der Waals surface area (Å²) in [5.41, 5.74) is -0.0879. The molecule has 2 nitrogen and oxygen atoms in total. The molecule has 84 valence electrons. The highest BCUT2D eigenvalue weighted by Gasteiger charge is 2.09. The molecule has 0 atom stereocenters. The zero-order valence-electron chi connectivity index (χ0n) is 9.42. The second-order valence-electron chi connectivity index (χ2n) is 4.26. The van der Waals surface area contributed by atoms with Gasteiger partial charge in [-0.2, -0.15) is 0 Å². The van der Waals surface area contributed by atoms with Gasteiger partial charge in [-0.05, 0) is 67.6 Å². The standard InChI is InChI=1S/C12H17IO2/c1-12(2,3)15-9-8-14-11-6-4-10(13)5-7-11/h4-7H,8-9H2,1-3H3. The van der Waals surface area contributed by atoms with E-state index in [1.165, 1.54) is 3.57 Å². The Morgan fingerprint density at radius 3 is 2.20 bits per heavy atom. The molecule has 1 aromatic carbocycles. The van der Waals surface area contributed by atoms with Crippen LogP contribution in [-0.4, -0.2) is 18.8 Å². The maximum atomic E-state index is 5.55. The van der Waals surface area contributed by atoms with Crippen LogP contribution in [0.3, 0.4) is 0 Å². The van der Waals surface area contributed by atoms with Gasteiger partial charge in [-0.3, -0.25) is 0 Å². The molecule has 0 N–H and O–H groups in total. The highest BCUT2D eigenvalue weighted by Crippen LogP contribution is 2.13. The third-order valence-corrected chi connectivity index (χ3v) is 2.42. The normalized spacial score (nSPS) is 11.5. The minimum Gasteiger partial charge on any atom is -0.491 e. The number of hydrogen-bond donors (Lipinski definition) is 0. The monoisotopic (exact) mass is 320 g/mol. The Kier molecular flexibility index (Phi) is 4.86. The summed E-state index contributed by atoms with van der Waals surface area (Å²) < 4.78 is 12.3. The molecule has 0 aliphatic carbocycles. The van der Waals surface area contributed by atoms with E-state index < -0.39 is 0 Å². The van der Waals surface area contributed by atoms with Gasteiger partial charge in [-0.1, -0.05) is 0 Å². The van der Waals surface area contributed by atoms with Gasteiger partial charge in [0.25, 0.3) is 0 Å². The molecule has 3 heteroatoms. The van der Waals surface area contributed by atoms with E-state index in [1.54, 1.807) is 0 Å². The summed E-state index contributed by atoms with van der Waals surface area (Å²) in [4.78, 5) is 0. The molecule has 0 saturated heterocycles. The molecule has 0 bridgehead atoms. The number of hydrogen-bond acceptors (Lipinski definition) is 2. The van der Waals surface area contributed by atoms with Gasteiger partial charge in [0.1, 0.15) is 12.4 Å². The van der Waals surface area contributed by atoms with Crippen LogP contribution in [-0.2, 0) is 4.74 Å². The van der Waals surface area contributed by atoms with Crippen molar-refractivity contribution in [2.45, 2.75) is 26.4 Å². The molecule has 0 unspecified atom stereocenters. The zero-order chi connectivity index (χ0) is 11.3. The van der Waals surface area contributed by atoms with E-state index in [9.17, 15) is 0 Å². The van der Waals surface area contributed by atoms with Gasteiger partial charge < -0.3 is 9.47 Å². The second-order valence-corrected chi connectivity index (χ2v) is 5.51. The third-order valence-electron chi connectivity index (χ3n) is 1.70. The maximum Gasteiger partial charge on any atom is 0.119 e. The van der Waals surface area contributed by atoms with E-state index in [0.29, 0.717) is 13.2 Å². The van der Waals surface area contributed by atoms with Crippen molar-refractivity contribution in [2.75, 3.05) is 13.2 Å². The first-order valence-electron chi connectivity index (χ1n) is 5.00. The molecule has 0 heterocycles. The molecule has 15 heavy (non-hydrogen) atoms. The molecule has 1 rings (SSSR count). The molecular weight excluding hydrogens is 303 g/mol. The number of benzene rings is 1. The van der Waals surface area contributed by atoms with Crippen LogP contribution >= 0.6 is 22.6 Å². The quantitative estimate of drug-likeness (QED) is 0.625. The highest BCUT2D eigenvalue weighted by atomic mass is 127. The van der Waals surface area contributed by atoms with Crippen molar-refractivity contribution in [2.24, 2.45) is 0 Å². The van der Waals surface area contributed by atoms with Gasteiger partial charge in [0.2, 0.25) is 0 Å². The van der Waals surface area contributed by atoms with Crippen LogP contribution in [0.4, 0.5) is 0 Å². The number of rotatable bonds is 4. The fourth-order valence-electron chi connectivity index (χ4n) is 1.04. The Hall–Kier alpha value is -0.290. The topological polar surface area (TPSA) is 18.5 Å². The van der Waals surface area contributed by atoms with Crippen molar-refractivity contribution in [1.82, 2.24) is 0 Å². The number of halogens is 1. The first kappa shape index (κ1) is 12.8. The molecule has 0 amide bonds. The minimum atomic E-state index is -0.0879. The summed E-state index contributed by atoms with van der Waals surface area (Å²) in [7, 11) is 0. The van der Waals surface area contributed by atoms with Crippen LogP contribution in [0.2, 0.25) is 0 Å². The Bertz CT molecular complexity index is 287. The SMILES string of the molecule is CC(C)(C)OCCOc1ccc(I)cc1. The van der Waals surface area contributed by atoms with Gasteiger partial charge in [0.05, 0.1) is 12.2 Å². The average Bonchev–Trinajstić information content (AvgIpc) is 2.14. The van der Waals surface area contributed by atoms with Gasteiger partial charge in [0, 0.05) is 3.57 Å². The van der Waals surface area contributed by atoms with Crippen LogP contribution in [0.15, 0.2) is 24.3 Å².